The maximum atomic E-state index is 12.9. The van der Waals surface area contributed by atoms with E-state index in [1.54, 1.807) is 19.1 Å². The van der Waals surface area contributed by atoms with Gasteiger partial charge in [-0.05, 0) is 44.0 Å². The van der Waals surface area contributed by atoms with Gasteiger partial charge in [0.1, 0.15) is 6.61 Å². The molecular formula is C27H26ClN3O3S. The summed E-state index contributed by atoms with van der Waals surface area (Å²) in [4.78, 5) is 25.6. The van der Waals surface area contributed by atoms with Crippen LogP contribution >= 0.6 is 23.4 Å². The molecule has 6 nitrogen and oxygen atoms in total. The van der Waals surface area contributed by atoms with Gasteiger partial charge in [0.2, 0.25) is 5.91 Å². The number of esters is 1. The molecule has 0 saturated heterocycles. The minimum absolute atomic E-state index is 0.0591. The van der Waals surface area contributed by atoms with E-state index in [2.05, 4.69) is 23.3 Å². The second-order valence-corrected chi connectivity index (χ2v) is 9.47. The Kier molecular flexibility index (Phi) is 8.80. The van der Waals surface area contributed by atoms with E-state index in [-0.39, 0.29) is 18.3 Å². The van der Waals surface area contributed by atoms with E-state index in [4.69, 9.17) is 16.3 Å². The number of aryl methyl sites for hydroxylation is 2. The lowest BCUT2D eigenvalue weighted by Crippen LogP contribution is -2.29. The van der Waals surface area contributed by atoms with Gasteiger partial charge in [0.05, 0.1) is 33.9 Å². The maximum absolute atomic E-state index is 12.9. The molecule has 3 rings (SSSR count). The minimum atomic E-state index is -0.625. The predicted molar refractivity (Wildman–Crippen MR) is 141 cm³/mol. The number of nitrogens with one attached hydrogen (secondary N) is 2. The van der Waals surface area contributed by atoms with E-state index in [0.29, 0.717) is 32.6 Å². The molecule has 0 aliphatic carbocycles. The zero-order valence-electron chi connectivity index (χ0n) is 19.8. The Morgan fingerprint density at radius 2 is 1.94 bits per heavy atom. The summed E-state index contributed by atoms with van der Waals surface area (Å²) in [7, 11) is 0. The number of benzene rings is 2. The standard InChI is InChI=1S/C27H26ClN3O3S/c1-5-12-34-27(33)24-18(4)30-26(21(14-29)25(24)19-9-6-16(2)7-10-19)35-15-23(32)31-22-13-20(28)11-8-17(22)3/h5-11,13,25,30H,1,12,15H2,2-4H3,(H,31,32)/t25-/m1/s1. The highest BCUT2D eigenvalue weighted by molar-refractivity contribution is 8.03. The second kappa shape index (κ2) is 11.8. The van der Waals surface area contributed by atoms with Gasteiger partial charge in [-0.2, -0.15) is 5.26 Å². The number of rotatable bonds is 8. The zero-order valence-corrected chi connectivity index (χ0v) is 21.3. The summed E-state index contributed by atoms with van der Waals surface area (Å²) in [5, 5.41) is 17.2. The molecule has 0 spiro atoms. The molecule has 35 heavy (non-hydrogen) atoms. The number of nitrogens with zero attached hydrogens (tertiary/aromatic N) is 1. The second-order valence-electron chi connectivity index (χ2n) is 8.05. The molecule has 1 amide bonds. The third-order valence-electron chi connectivity index (χ3n) is 5.43. The van der Waals surface area contributed by atoms with Crippen molar-refractivity contribution in [3.8, 4) is 6.07 Å². The highest BCUT2D eigenvalue weighted by Gasteiger charge is 2.35. The third kappa shape index (κ3) is 6.36. The molecule has 0 saturated carbocycles. The molecule has 1 atom stereocenters. The third-order valence-corrected chi connectivity index (χ3v) is 6.68. The average molecular weight is 508 g/mol. The highest BCUT2D eigenvalue weighted by Crippen LogP contribution is 2.41. The van der Waals surface area contributed by atoms with Gasteiger partial charge in [-0.3, -0.25) is 4.79 Å². The van der Waals surface area contributed by atoms with E-state index >= 15 is 0 Å². The number of hydrogen-bond acceptors (Lipinski definition) is 6. The van der Waals surface area contributed by atoms with Gasteiger partial charge in [0.25, 0.3) is 0 Å². The lowest BCUT2D eigenvalue weighted by molar-refractivity contribution is -0.138. The van der Waals surface area contributed by atoms with Crippen molar-refractivity contribution in [1.82, 2.24) is 5.32 Å². The van der Waals surface area contributed by atoms with Crippen LogP contribution in [0.3, 0.4) is 0 Å². The summed E-state index contributed by atoms with van der Waals surface area (Å²) < 4.78 is 5.32. The Labute approximate surface area is 214 Å². The number of carbonyl (C=O) groups excluding carboxylic acids is 2. The van der Waals surface area contributed by atoms with Crippen LogP contribution in [0, 0.1) is 25.2 Å². The maximum Gasteiger partial charge on any atom is 0.337 e. The number of halogens is 1. The Morgan fingerprint density at radius 3 is 2.60 bits per heavy atom. The highest BCUT2D eigenvalue weighted by atomic mass is 35.5. The topological polar surface area (TPSA) is 91.2 Å². The fourth-order valence-electron chi connectivity index (χ4n) is 3.65. The first-order valence-electron chi connectivity index (χ1n) is 10.9. The zero-order chi connectivity index (χ0) is 25.5. The normalized spacial score (nSPS) is 15.2. The first kappa shape index (κ1) is 26.1. The smallest absolute Gasteiger partial charge is 0.337 e. The van der Waals surface area contributed by atoms with Crippen LogP contribution in [0.15, 0.2) is 77.0 Å². The van der Waals surface area contributed by atoms with Crippen molar-refractivity contribution in [3.05, 3.63) is 98.7 Å². The number of allylic oxidation sites excluding steroid dienone is 2. The lowest BCUT2D eigenvalue weighted by Gasteiger charge is -2.29. The molecule has 0 fully saturated rings. The average Bonchev–Trinajstić information content (AvgIpc) is 2.83. The molecule has 180 valence electrons. The molecular weight excluding hydrogens is 482 g/mol. The van der Waals surface area contributed by atoms with Crippen LogP contribution < -0.4 is 10.6 Å². The summed E-state index contributed by atoms with van der Waals surface area (Å²) in [5.41, 5.74) is 4.64. The van der Waals surface area contributed by atoms with Gasteiger partial charge in [-0.1, -0.05) is 71.9 Å². The van der Waals surface area contributed by atoms with E-state index < -0.39 is 11.9 Å². The largest absolute Gasteiger partial charge is 0.458 e. The number of hydrogen-bond donors (Lipinski definition) is 2. The number of nitriles is 1. The van der Waals surface area contributed by atoms with Crippen LogP contribution in [0.1, 0.15) is 29.5 Å². The summed E-state index contributed by atoms with van der Waals surface area (Å²) in [6.07, 6.45) is 1.49. The Morgan fingerprint density at radius 1 is 1.23 bits per heavy atom. The monoisotopic (exact) mass is 507 g/mol. The molecule has 1 aliphatic rings. The SMILES string of the molecule is C=CCOC(=O)C1=C(C)NC(SCC(=O)Nc2cc(Cl)ccc2C)=C(C#N)[C@H]1c1ccc(C)cc1. The van der Waals surface area contributed by atoms with E-state index in [0.717, 1.165) is 16.7 Å². The molecule has 2 aromatic rings. The molecule has 1 heterocycles. The molecule has 0 aromatic heterocycles. The molecule has 0 unspecified atom stereocenters. The molecule has 2 aromatic carbocycles. The number of ether oxygens (including phenoxy) is 1. The van der Waals surface area contributed by atoms with Gasteiger partial charge in [-0.15, -0.1) is 0 Å². The van der Waals surface area contributed by atoms with Crippen molar-refractivity contribution in [1.29, 1.82) is 5.26 Å². The molecule has 0 bridgehead atoms. The first-order valence-corrected chi connectivity index (χ1v) is 12.3. The van der Waals surface area contributed by atoms with Crippen LogP contribution in [0.2, 0.25) is 5.02 Å². The van der Waals surface area contributed by atoms with E-state index in [1.165, 1.54) is 17.8 Å². The van der Waals surface area contributed by atoms with Gasteiger partial charge in [0.15, 0.2) is 0 Å². The summed E-state index contributed by atoms with van der Waals surface area (Å²) in [6, 6.07) is 15.2. The van der Waals surface area contributed by atoms with Crippen LogP contribution in [-0.2, 0) is 14.3 Å². The molecule has 2 N–H and O–H groups in total. The number of dihydropyridines is 1. The molecule has 0 radical (unpaired) electrons. The first-order chi connectivity index (χ1) is 16.7. The van der Waals surface area contributed by atoms with Crippen molar-refractivity contribution in [2.75, 3.05) is 17.7 Å². The molecule has 8 heteroatoms. The Balaban J connectivity index is 1.90. The van der Waals surface area contributed by atoms with Crippen LogP contribution in [0.5, 0.6) is 0 Å². The van der Waals surface area contributed by atoms with Crippen LogP contribution in [-0.4, -0.2) is 24.2 Å². The van der Waals surface area contributed by atoms with Crippen molar-refractivity contribution < 1.29 is 14.3 Å². The number of thioether (sulfide) groups is 1. The fraction of sp³-hybridized carbons (Fsp3) is 0.222. The molecule has 1 aliphatic heterocycles. The van der Waals surface area contributed by atoms with Crippen LogP contribution in [0.4, 0.5) is 5.69 Å². The summed E-state index contributed by atoms with van der Waals surface area (Å²) in [6.45, 7) is 9.26. The van der Waals surface area contributed by atoms with Gasteiger partial charge in [0, 0.05) is 16.4 Å². The van der Waals surface area contributed by atoms with Gasteiger partial charge >= 0.3 is 5.97 Å². The van der Waals surface area contributed by atoms with E-state index in [9.17, 15) is 14.9 Å². The van der Waals surface area contributed by atoms with Crippen LogP contribution in [0.25, 0.3) is 0 Å². The van der Waals surface area contributed by atoms with Crippen molar-refractivity contribution >= 4 is 40.9 Å². The Hall–Kier alpha value is -3.47. The quantitative estimate of drug-likeness (QED) is 0.349. The summed E-state index contributed by atoms with van der Waals surface area (Å²) in [5.74, 6) is -1.33. The van der Waals surface area contributed by atoms with Crippen molar-refractivity contribution in [3.63, 3.8) is 0 Å². The predicted octanol–water partition coefficient (Wildman–Crippen LogP) is 5.75. The van der Waals surface area contributed by atoms with Gasteiger partial charge < -0.3 is 15.4 Å². The minimum Gasteiger partial charge on any atom is -0.458 e. The van der Waals surface area contributed by atoms with Crippen molar-refractivity contribution in [2.24, 2.45) is 0 Å². The van der Waals surface area contributed by atoms with E-state index in [1.807, 2.05) is 44.2 Å². The lowest BCUT2D eigenvalue weighted by atomic mass is 9.82. The number of carbonyl (C=O) groups is 2. The fourth-order valence-corrected chi connectivity index (χ4v) is 4.72. The summed E-state index contributed by atoms with van der Waals surface area (Å²) >= 11 is 7.25. The van der Waals surface area contributed by atoms with Crippen molar-refractivity contribution in [2.45, 2.75) is 26.7 Å². The Bertz CT molecular complexity index is 1260. The van der Waals surface area contributed by atoms with Gasteiger partial charge in [-0.25, -0.2) is 4.79 Å². The number of amides is 1. The number of anilines is 1.